The van der Waals surface area contributed by atoms with Gasteiger partial charge in [-0.15, -0.1) is 0 Å². The van der Waals surface area contributed by atoms with E-state index in [4.69, 9.17) is 0 Å². The van der Waals surface area contributed by atoms with E-state index in [9.17, 15) is 19.2 Å². The predicted octanol–water partition coefficient (Wildman–Crippen LogP) is -0.605. The van der Waals surface area contributed by atoms with Crippen molar-refractivity contribution >= 4 is 23.6 Å². The standard InChI is InChI=1S/C19H20N4O4/c24-14-5-4-13(17(25)22-14)23-18(26)10-3-1-2-9(15(10)19(23)27)6-21-16-11-7-20-8-12(11)16/h1-3,11-13,16,20-21H,4-8H2,(H,22,24,25)/t11-,12+,13?,16?. The molecule has 1 aromatic carbocycles. The Morgan fingerprint density at radius 2 is 1.85 bits per heavy atom. The first-order valence-corrected chi connectivity index (χ1v) is 9.34. The van der Waals surface area contributed by atoms with E-state index in [0.717, 1.165) is 23.6 Å². The largest absolute Gasteiger partial charge is 0.316 e. The molecule has 3 aliphatic heterocycles. The first-order valence-electron chi connectivity index (χ1n) is 9.34. The maximum atomic E-state index is 13.0. The summed E-state index contributed by atoms with van der Waals surface area (Å²) in [5.41, 5.74) is 1.49. The molecule has 4 aliphatic rings. The Morgan fingerprint density at radius 1 is 1.07 bits per heavy atom. The van der Waals surface area contributed by atoms with E-state index in [-0.39, 0.29) is 18.7 Å². The van der Waals surface area contributed by atoms with E-state index in [1.807, 2.05) is 6.07 Å². The quantitative estimate of drug-likeness (QED) is 0.613. The third-order valence-electron chi connectivity index (χ3n) is 6.17. The summed E-state index contributed by atoms with van der Waals surface area (Å²) >= 11 is 0. The zero-order valence-electron chi connectivity index (χ0n) is 14.7. The summed E-state index contributed by atoms with van der Waals surface area (Å²) in [7, 11) is 0. The molecule has 0 bridgehead atoms. The van der Waals surface area contributed by atoms with Crippen LogP contribution in [0.5, 0.6) is 0 Å². The van der Waals surface area contributed by atoms with Gasteiger partial charge in [-0.05, 0) is 43.0 Å². The van der Waals surface area contributed by atoms with Gasteiger partial charge in [-0.25, -0.2) is 0 Å². The Morgan fingerprint density at radius 3 is 2.59 bits per heavy atom. The molecule has 8 heteroatoms. The third-order valence-corrected chi connectivity index (χ3v) is 6.17. The van der Waals surface area contributed by atoms with Crippen LogP contribution >= 0.6 is 0 Å². The van der Waals surface area contributed by atoms with Gasteiger partial charge in [0.2, 0.25) is 11.8 Å². The van der Waals surface area contributed by atoms with Crippen molar-refractivity contribution in [3.05, 3.63) is 34.9 Å². The summed E-state index contributed by atoms with van der Waals surface area (Å²) < 4.78 is 0. The van der Waals surface area contributed by atoms with Crippen LogP contribution in [-0.4, -0.2) is 53.7 Å². The van der Waals surface area contributed by atoms with Crippen LogP contribution in [0.4, 0.5) is 0 Å². The second kappa shape index (κ2) is 5.97. The van der Waals surface area contributed by atoms with Gasteiger partial charge in [-0.1, -0.05) is 12.1 Å². The minimum Gasteiger partial charge on any atom is -0.316 e. The average molecular weight is 368 g/mol. The van der Waals surface area contributed by atoms with Gasteiger partial charge in [0.25, 0.3) is 11.8 Å². The van der Waals surface area contributed by atoms with E-state index >= 15 is 0 Å². The number of rotatable bonds is 4. The lowest BCUT2D eigenvalue weighted by atomic mass is 10.0. The molecule has 27 heavy (non-hydrogen) atoms. The Kier molecular flexibility index (Phi) is 3.66. The smallest absolute Gasteiger partial charge is 0.262 e. The lowest BCUT2D eigenvalue weighted by Gasteiger charge is -2.27. The van der Waals surface area contributed by atoms with Crippen molar-refractivity contribution in [2.24, 2.45) is 11.8 Å². The van der Waals surface area contributed by atoms with Crippen LogP contribution < -0.4 is 16.0 Å². The number of hydrogen-bond donors (Lipinski definition) is 3. The molecule has 0 aromatic heterocycles. The minimum absolute atomic E-state index is 0.122. The molecule has 3 heterocycles. The highest BCUT2D eigenvalue weighted by atomic mass is 16.2. The number of benzene rings is 1. The maximum Gasteiger partial charge on any atom is 0.262 e. The summed E-state index contributed by atoms with van der Waals surface area (Å²) in [4.78, 5) is 50.4. The number of nitrogens with one attached hydrogen (secondary N) is 3. The summed E-state index contributed by atoms with van der Waals surface area (Å²) in [6.45, 7) is 2.56. The van der Waals surface area contributed by atoms with Crippen LogP contribution in [0.1, 0.15) is 39.1 Å². The minimum atomic E-state index is -0.926. The van der Waals surface area contributed by atoms with E-state index in [0.29, 0.717) is 35.5 Å². The number of carbonyl (C=O) groups excluding carboxylic acids is 4. The fourth-order valence-corrected chi connectivity index (χ4v) is 4.68. The predicted molar refractivity (Wildman–Crippen MR) is 93.6 cm³/mol. The second-order valence-corrected chi connectivity index (χ2v) is 7.68. The van der Waals surface area contributed by atoms with Crippen LogP contribution in [0.2, 0.25) is 0 Å². The van der Waals surface area contributed by atoms with Crippen LogP contribution in [0, 0.1) is 11.8 Å². The van der Waals surface area contributed by atoms with E-state index < -0.39 is 23.8 Å². The molecule has 3 N–H and O–H groups in total. The molecule has 4 atom stereocenters. The Hall–Kier alpha value is -2.58. The van der Waals surface area contributed by atoms with Gasteiger partial charge in [0.1, 0.15) is 6.04 Å². The average Bonchev–Trinajstić information content (AvgIpc) is 2.97. The van der Waals surface area contributed by atoms with Crippen LogP contribution in [-0.2, 0) is 16.1 Å². The van der Waals surface area contributed by atoms with Crippen molar-refractivity contribution in [1.82, 2.24) is 20.9 Å². The fourth-order valence-electron chi connectivity index (χ4n) is 4.68. The lowest BCUT2D eigenvalue weighted by Crippen LogP contribution is -2.54. The summed E-state index contributed by atoms with van der Waals surface area (Å²) in [5.74, 6) is -0.558. The summed E-state index contributed by atoms with van der Waals surface area (Å²) in [6, 6.07) is 4.78. The monoisotopic (exact) mass is 368 g/mol. The lowest BCUT2D eigenvalue weighted by molar-refractivity contribution is -0.136. The van der Waals surface area contributed by atoms with Crippen LogP contribution in [0.25, 0.3) is 0 Å². The van der Waals surface area contributed by atoms with E-state index in [2.05, 4.69) is 16.0 Å². The molecule has 5 rings (SSSR count). The zero-order valence-corrected chi connectivity index (χ0v) is 14.7. The Balaban J connectivity index is 1.37. The Bertz CT molecular complexity index is 872. The number of amides is 4. The highest BCUT2D eigenvalue weighted by Crippen LogP contribution is 2.42. The van der Waals surface area contributed by atoms with Crippen LogP contribution in [0.3, 0.4) is 0 Å². The molecule has 1 aliphatic carbocycles. The van der Waals surface area contributed by atoms with E-state index in [1.54, 1.807) is 12.1 Å². The summed E-state index contributed by atoms with van der Waals surface area (Å²) in [6.07, 6.45) is 0.291. The Labute approximate surface area is 155 Å². The molecule has 1 saturated carbocycles. The van der Waals surface area contributed by atoms with Gasteiger partial charge in [0.15, 0.2) is 0 Å². The number of hydrogen-bond acceptors (Lipinski definition) is 6. The molecule has 1 aromatic rings. The van der Waals surface area contributed by atoms with Crippen molar-refractivity contribution < 1.29 is 19.2 Å². The van der Waals surface area contributed by atoms with Gasteiger partial charge in [0, 0.05) is 19.0 Å². The van der Waals surface area contributed by atoms with Crippen molar-refractivity contribution in [3.63, 3.8) is 0 Å². The molecule has 4 amide bonds. The molecule has 0 spiro atoms. The first kappa shape index (κ1) is 16.6. The molecular weight excluding hydrogens is 348 g/mol. The van der Waals surface area contributed by atoms with Gasteiger partial charge in [0.05, 0.1) is 11.1 Å². The molecule has 140 valence electrons. The second-order valence-electron chi connectivity index (χ2n) is 7.68. The fraction of sp³-hybridized carbons (Fsp3) is 0.474. The number of imide groups is 2. The third kappa shape index (κ3) is 2.51. The van der Waals surface area contributed by atoms with Gasteiger partial charge in [-0.2, -0.15) is 0 Å². The normalized spacial score (nSPS) is 31.8. The van der Waals surface area contributed by atoms with Crippen molar-refractivity contribution in [3.8, 4) is 0 Å². The highest BCUT2D eigenvalue weighted by Gasteiger charge is 2.52. The van der Waals surface area contributed by atoms with Gasteiger partial charge in [-0.3, -0.25) is 29.4 Å². The molecule has 2 unspecified atom stereocenters. The molecular formula is C19H20N4O4. The van der Waals surface area contributed by atoms with Crippen LogP contribution in [0.15, 0.2) is 18.2 Å². The highest BCUT2D eigenvalue weighted by molar-refractivity contribution is 6.24. The molecule has 3 fully saturated rings. The number of carbonyl (C=O) groups is 4. The number of fused-ring (bicyclic) bond motifs is 2. The molecule has 8 nitrogen and oxygen atoms in total. The summed E-state index contributed by atoms with van der Waals surface area (Å²) in [5, 5.41) is 9.07. The van der Waals surface area contributed by atoms with Crippen molar-refractivity contribution in [2.45, 2.75) is 31.5 Å². The van der Waals surface area contributed by atoms with Crippen molar-refractivity contribution in [1.29, 1.82) is 0 Å². The van der Waals surface area contributed by atoms with Gasteiger partial charge >= 0.3 is 0 Å². The topological polar surface area (TPSA) is 108 Å². The molecule has 2 saturated heterocycles. The maximum absolute atomic E-state index is 13.0. The number of nitrogens with zero attached hydrogens (tertiary/aromatic N) is 1. The SMILES string of the molecule is O=C1CCC(N2C(=O)c3cccc(CNC4[C@H]5CNC[C@@H]45)c3C2=O)C(=O)N1. The zero-order chi connectivity index (χ0) is 18.7. The van der Waals surface area contributed by atoms with Crippen molar-refractivity contribution in [2.75, 3.05) is 13.1 Å². The van der Waals surface area contributed by atoms with E-state index in [1.165, 1.54) is 0 Å². The first-order chi connectivity index (χ1) is 13.1. The molecule has 0 radical (unpaired) electrons. The van der Waals surface area contributed by atoms with Gasteiger partial charge < -0.3 is 10.6 Å². The number of piperidine rings is 2.